The van der Waals surface area contributed by atoms with Gasteiger partial charge in [0, 0.05) is 0 Å². The lowest BCUT2D eigenvalue weighted by Crippen LogP contribution is -2.21. The van der Waals surface area contributed by atoms with E-state index >= 15 is 0 Å². The van der Waals surface area contributed by atoms with Crippen LogP contribution < -0.4 is 10.1 Å². The quantitative estimate of drug-likeness (QED) is 0.513. The van der Waals surface area contributed by atoms with E-state index in [-0.39, 0.29) is 5.91 Å². The molecule has 6 nitrogen and oxygen atoms in total. The Morgan fingerprint density at radius 2 is 1.45 bits per heavy atom. The average Bonchev–Trinajstić information content (AvgIpc) is 3.62. The second-order valence-corrected chi connectivity index (χ2v) is 7.19. The van der Waals surface area contributed by atoms with E-state index in [1.165, 1.54) is 5.01 Å². The molecule has 0 aromatic heterocycles. The molecule has 0 unspecified atom stereocenters. The standard InChI is InChI=1S/C25H19N5O/c1-18-24(25(31)29(26-18)21-10-6-3-7-11-21)23(20-8-4-2-5-9-20)17-14-19-12-15-22(16-13-19)30-27-28-30/h2-17H,1H3/b17-14+,24-23+. The number of anilines is 2. The number of nitrogens with zero attached hydrogens (tertiary/aromatic N) is 5. The highest BCUT2D eigenvalue weighted by atomic mass is 16.2. The van der Waals surface area contributed by atoms with Crippen molar-refractivity contribution in [3.8, 4) is 0 Å². The fourth-order valence-corrected chi connectivity index (χ4v) is 3.52. The van der Waals surface area contributed by atoms with Gasteiger partial charge >= 0.3 is 0 Å². The first-order valence-corrected chi connectivity index (χ1v) is 9.95. The number of amides is 1. The number of rotatable bonds is 5. The van der Waals surface area contributed by atoms with Crippen LogP contribution in [0.3, 0.4) is 0 Å². The summed E-state index contributed by atoms with van der Waals surface area (Å²) in [5.74, 6) is -0.132. The van der Waals surface area contributed by atoms with E-state index in [1.54, 1.807) is 5.12 Å². The first-order chi connectivity index (χ1) is 15.2. The maximum absolute atomic E-state index is 13.4. The van der Waals surface area contributed by atoms with E-state index in [2.05, 4.69) is 15.5 Å². The smallest absolute Gasteiger partial charge is 0.267 e. The van der Waals surface area contributed by atoms with E-state index in [1.807, 2.05) is 104 Å². The molecule has 31 heavy (non-hydrogen) atoms. The summed E-state index contributed by atoms with van der Waals surface area (Å²) in [7, 11) is 0. The minimum atomic E-state index is -0.132. The summed E-state index contributed by atoms with van der Waals surface area (Å²) >= 11 is 0. The summed E-state index contributed by atoms with van der Waals surface area (Å²) < 4.78 is 0. The van der Waals surface area contributed by atoms with Gasteiger partial charge in [0.25, 0.3) is 5.91 Å². The maximum Gasteiger partial charge on any atom is 0.281 e. The molecule has 2 aliphatic rings. The van der Waals surface area contributed by atoms with Crippen molar-refractivity contribution in [3.05, 3.63) is 108 Å². The molecule has 3 aromatic rings. The van der Waals surface area contributed by atoms with Crippen LogP contribution in [0.2, 0.25) is 0 Å². The Balaban J connectivity index is 1.54. The zero-order valence-corrected chi connectivity index (χ0v) is 16.9. The van der Waals surface area contributed by atoms with Gasteiger partial charge in [-0.25, -0.2) is 0 Å². The maximum atomic E-state index is 13.4. The van der Waals surface area contributed by atoms with Crippen molar-refractivity contribution < 1.29 is 4.79 Å². The van der Waals surface area contributed by atoms with Crippen molar-refractivity contribution in [2.45, 2.75) is 6.92 Å². The van der Waals surface area contributed by atoms with Crippen LogP contribution in [0.15, 0.2) is 112 Å². The number of hydrogen-bond acceptors (Lipinski definition) is 5. The van der Waals surface area contributed by atoms with Crippen LogP contribution in [0, 0.1) is 0 Å². The molecule has 150 valence electrons. The third-order valence-corrected chi connectivity index (χ3v) is 5.12. The fourth-order valence-electron chi connectivity index (χ4n) is 3.52. The second kappa shape index (κ2) is 7.84. The van der Waals surface area contributed by atoms with E-state index in [4.69, 9.17) is 0 Å². The van der Waals surface area contributed by atoms with Crippen LogP contribution in [0.1, 0.15) is 18.1 Å². The molecule has 0 aliphatic carbocycles. The summed E-state index contributed by atoms with van der Waals surface area (Å²) in [6.07, 6.45) is 3.98. The largest absolute Gasteiger partial charge is 0.281 e. The number of carbonyl (C=O) groups excluding carboxylic acids is 1. The Bertz CT molecular complexity index is 1240. The molecule has 0 saturated carbocycles. The molecule has 1 amide bonds. The predicted octanol–water partition coefficient (Wildman–Crippen LogP) is 5.68. The van der Waals surface area contributed by atoms with Crippen LogP contribution in [0.25, 0.3) is 11.6 Å². The van der Waals surface area contributed by atoms with Gasteiger partial charge in [0.15, 0.2) is 0 Å². The van der Waals surface area contributed by atoms with Crippen LogP contribution in [0.5, 0.6) is 0 Å². The molecule has 0 spiro atoms. The van der Waals surface area contributed by atoms with Crippen molar-refractivity contribution in [2.24, 2.45) is 15.5 Å². The van der Waals surface area contributed by atoms with E-state index in [9.17, 15) is 4.79 Å². The van der Waals surface area contributed by atoms with Gasteiger partial charge in [0.05, 0.1) is 22.7 Å². The van der Waals surface area contributed by atoms with E-state index in [0.29, 0.717) is 11.3 Å². The van der Waals surface area contributed by atoms with Crippen molar-refractivity contribution in [1.29, 1.82) is 0 Å². The van der Waals surface area contributed by atoms with Crippen molar-refractivity contribution in [1.82, 2.24) is 0 Å². The summed E-state index contributed by atoms with van der Waals surface area (Å²) in [5.41, 5.74) is 5.78. The molecular weight excluding hydrogens is 386 g/mol. The van der Waals surface area contributed by atoms with Gasteiger partial charge in [0.2, 0.25) is 0 Å². The van der Waals surface area contributed by atoms with Crippen LogP contribution >= 0.6 is 0 Å². The zero-order chi connectivity index (χ0) is 21.2. The second-order valence-electron chi connectivity index (χ2n) is 7.19. The summed E-state index contributed by atoms with van der Waals surface area (Å²) in [5, 5.41) is 15.2. The summed E-state index contributed by atoms with van der Waals surface area (Å²) in [6, 6.07) is 27.3. The highest BCUT2D eigenvalue weighted by Crippen LogP contribution is 2.31. The number of hydrazone groups is 1. The molecule has 0 N–H and O–H groups in total. The highest BCUT2D eigenvalue weighted by Gasteiger charge is 2.31. The fraction of sp³-hybridized carbons (Fsp3) is 0.0400. The van der Waals surface area contributed by atoms with Crippen molar-refractivity contribution in [3.63, 3.8) is 0 Å². The highest BCUT2D eigenvalue weighted by molar-refractivity contribution is 6.34. The van der Waals surface area contributed by atoms with E-state index in [0.717, 1.165) is 28.1 Å². The van der Waals surface area contributed by atoms with Gasteiger partial charge in [-0.15, -0.1) is 5.12 Å². The summed E-state index contributed by atoms with van der Waals surface area (Å²) in [6.45, 7) is 1.87. The molecule has 2 heterocycles. The lowest BCUT2D eigenvalue weighted by Gasteiger charge is -2.12. The molecule has 0 fully saturated rings. The first kappa shape index (κ1) is 18.7. The van der Waals surface area contributed by atoms with E-state index < -0.39 is 0 Å². The minimum absolute atomic E-state index is 0.132. The molecule has 0 radical (unpaired) electrons. The molecule has 5 rings (SSSR count). The van der Waals surface area contributed by atoms with Gasteiger partial charge in [-0.05, 0) is 58.3 Å². The van der Waals surface area contributed by atoms with Crippen molar-refractivity contribution in [2.75, 3.05) is 10.1 Å². The number of para-hydroxylation sites is 1. The zero-order valence-electron chi connectivity index (χ0n) is 16.9. The molecule has 0 bridgehead atoms. The van der Waals surface area contributed by atoms with Crippen LogP contribution in [-0.4, -0.2) is 11.6 Å². The van der Waals surface area contributed by atoms with Gasteiger partial charge < -0.3 is 0 Å². The topological polar surface area (TPSA) is 60.4 Å². The van der Waals surface area contributed by atoms with Gasteiger partial charge in [-0.3, -0.25) is 4.79 Å². The van der Waals surface area contributed by atoms with Crippen LogP contribution in [-0.2, 0) is 4.79 Å². The average molecular weight is 405 g/mol. The van der Waals surface area contributed by atoms with Gasteiger partial charge in [0.1, 0.15) is 0 Å². The Morgan fingerprint density at radius 3 is 2.10 bits per heavy atom. The number of hydrogen-bond donors (Lipinski definition) is 0. The molecular formula is C25H19N5O. The molecule has 0 saturated heterocycles. The van der Waals surface area contributed by atoms with Crippen molar-refractivity contribution >= 4 is 34.6 Å². The third-order valence-electron chi connectivity index (χ3n) is 5.12. The van der Waals surface area contributed by atoms with Gasteiger partial charge in [-0.2, -0.15) is 10.1 Å². The Labute approximate surface area is 180 Å². The lowest BCUT2D eigenvalue weighted by atomic mass is 9.96. The molecule has 3 aromatic carbocycles. The van der Waals surface area contributed by atoms with Gasteiger partial charge in [-0.1, -0.05) is 72.8 Å². The normalized spacial score (nSPS) is 16.8. The Hall–Kier alpha value is -4.32. The number of carbonyl (C=O) groups is 1. The molecule has 0 atom stereocenters. The molecule has 6 heteroatoms. The predicted molar refractivity (Wildman–Crippen MR) is 123 cm³/mol. The monoisotopic (exact) mass is 405 g/mol. The minimum Gasteiger partial charge on any atom is -0.267 e. The third kappa shape index (κ3) is 3.79. The van der Waals surface area contributed by atoms with Crippen LogP contribution in [0.4, 0.5) is 11.4 Å². The summed E-state index contributed by atoms with van der Waals surface area (Å²) in [4.78, 5) is 13.4. The number of benzene rings is 3. The first-order valence-electron chi connectivity index (χ1n) is 9.95. The SMILES string of the molecule is CC1=NN(c2ccccc2)C(=O)/C1=C(\C=C\c1ccc(N2N=N2)cc1)c1ccccc1. The molecule has 2 aliphatic heterocycles. The lowest BCUT2D eigenvalue weighted by molar-refractivity contribution is -0.114. The Kier molecular flexibility index (Phi) is 4.72. The Morgan fingerprint density at radius 1 is 0.806 bits per heavy atom. The number of allylic oxidation sites excluding steroid dienone is 2.